The van der Waals surface area contributed by atoms with E-state index in [9.17, 15) is 9.59 Å². The van der Waals surface area contributed by atoms with Crippen molar-refractivity contribution in [2.24, 2.45) is 7.05 Å². The van der Waals surface area contributed by atoms with Crippen molar-refractivity contribution < 1.29 is 4.79 Å². The first-order chi connectivity index (χ1) is 15.5. The Morgan fingerprint density at radius 3 is 2.47 bits per heavy atom. The number of nitrogens with zero attached hydrogens (tertiary/aromatic N) is 4. The summed E-state index contributed by atoms with van der Waals surface area (Å²) in [6, 6.07) is 21.3. The highest BCUT2D eigenvalue weighted by Crippen LogP contribution is 2.29. The molecule has 5 aromatic rings. The molecule has 7 nitrogen and oxygen atoms in total. The smallest absolute Gasteiger partial charge is 0.310 e. The Kier molecular flexibility index (Phi) is 4.86. The minimum absolute atomic E-state index is 0.130. The minimum atomic E-state index is -0.176. The predicted octanol–water partition coefficient (Wildman–Crippen LogP) is 3.99. The summed E-state index contributed by atoms with van der Waals surface area (Å²) in [6.45, 7) is 2.29. The summed E-state index contributed by atoms with van der Waals surface area (Å²) in [4.78, 5) is 30.4. The summed E-state index contributed by atoms with van der Waals surface area (Å²) in [5.74, 6) is 0.454. The molecular weight excluding hydrogens is 402 g/mol. The molecule has 1 N–H and O–H groups in total. The van der Waals surface area contributed by atoms with Gasteiger partial charge in [0.1, 0.15) is 17.2 Å². The number of pyridine rings is 1. The first kappa shape index (κ1) is 19.8. The summed E-state index contributed by atoms with van der Waals surface area (Å²) in [6.07, 6.45) is 2.06. The number of carbonyl (C=O) groups excluding carboxylic acids is 1. The van der Waals surface area contributed by atoms with Crippen molar-refractivity contribution in [2.75, 3.05) is 5.32 Å². The van der Waals surface area contributed by atoms with E-state index in [2.05, 4.69) is 5.32 Å². The Labute approximate surface area is 184 Å². The highest BCUT2D eigenvalue weighted by Gasteiger charge is 2.18. The van der Waals surface area contributed by atoms with E-state index in [1.54, 1.807) is 16.2 Å². The molecule has 0 bridgehead atoms. The van der Waals surface area contributed by atoms with Crippen molar-refractivity contribution in [2.45, 2.75) is 19.9 Å². The molecule has 2 aromatic carbocycles. The molecule has 0 radical (unpaired) electrons. The van der Waals surface area contributed by atoms with Gasteiger partial charge in [0.05, 0.1) is 11.0 Å². The molecule has 0 aliphatic rings. The van der Waals surface area contributed by atoms with Gasteiger partial charge in [0.25, 0.3) is 0 Å². The van der Waals surface area contributed by atoms with Crippen LogP contribution in [0.15, 0.2) is 77.7 Å². The quantitative estimate of drug-likeness (QED) is 0.463. The Morgan fingerprint density at radius 1 is 0.969 bits per heavy atom. The van der Waals surface area contributed by atoms with E-state index in [-0.39, 0.29) is 18.0 Å². The molecule has 32 heavy (non-hydrogen) atoms. The number of aryl methyl sites for hydroxylation is 3. The normalized spacial score (nSPS) is 11.3. The summed E-state index contributed by atoms with van der Waals surface area (Å²) in [7, 11) is 1.74. The largest absolute Gasteiger partial charge is 0.328 e. The van der Waals surface area contributed by atoms with E-state index >= 15 is 0 Å². The van der Waals surface area contributed by atoms with Crippen LogP contribution >= 0.6 is 0 Å². The number of fused-ring (bicyclic) bond motifs is 2. The molecule has 0 aliphatic heterocycles. The van der Waals surface area contributed by atoms with Gasteiger partial charge in [-0.25, -0.2) is 9.78 Å². The third-order valence-corrected chi connectivity index (χ3v) is 5.76. The highest BCUT2D eigenvalue weighted by atomic mass is 16.2. The van der Waals surface area contributed by atoms with Crippen molar-refractivity contribution in [1.82, 2.24) is 18.5 Å². The Hall–Kier alpha value is -4.13. The van der Waals surface area contributed by atoms with Crippen LogP contribution in [-0.2, 0) is 18.4 Å². The predicted molar refractivity (Wildman–Crippen MR) is 126 cm³/mol. The first-order valence-corrected chi connectivity index (χ1v) is 10.5. The van der Waals surface area contributed by atoms with Gasteiger partial charge in [0, 0.05) is 31.8 Å². The van der Waals surface area contributed by atoms with Gasteiger partial charge < -0.3 is 5.32 Å². The van der Waals surface area contributed by atoms with Gasteiger partial charge in [-0.15, -0.1) is 0 Å². The van der Waals surface area contributed by atoms with Crippen LogP contribution in [0.25, 0.3) is 27.9 Å². The maximum atomic E-state index is 13.0. The summed E-state index contributed by atoms with van der Waals surface area (Å²) in [5.41, 5.74) is 5.00. The number of para-hydroxylation sites is 2. The zero-order chi connectivity index (χ0) is 22.2. The molecule has 0 atom stereocenters. The van der Waals surface area contributed by atoms with E-state index in [4.69, 9.17) is 4.98 Å². The number of aromatic nitrogens is 4. The maximum Gasteiger partial charge on any atom is 0.328 e. The summed E-state index contributed by atoms with van der Waals surface area (Å²) >= 11 is 0. The molecule has 5 rings (SSSR count). The SMILES string of the molecule is Cc1cccn2c(NC(=O)CCn3c(=O)n(C)c4ccccc43)c(-c3ccccc3)nc12. The molecule has 7 heteroatoms. The van der Waals surface area contributed by atoms with E-state index < -0.39 is 0 Å². The maximum absolute atomic E-state index is 13.0. The van der Waals surface area contributed by atoms with Gasteiger partial charge in [-0.2, -0.15) is 0 Å². The fraction of sp³-hybridized carbons (Fsp3) is 0.160. The van der Waals surface area contributed by atoms with E-state index in [1.807, 2.05) is 84.3 Å². The number of hydrogen-bond acceptors (Lipinski definition) is 3. The number of amides is 1. The molecule has 0 saturated heterocycles. The number of hydrogen-bond donors (Lipinski definition) is 1. The average Bonchev–Trinajstić information content (AvgIpc) is 3.30. The zero-order valence-corrected chi connectivity index (χ0v) is 17.9. The lowest BCUT2D eigenvalue weighted by atomic mass is 10.1. The second-order valence-electron chi connectivity index (χ2n) is 7.84. The average molecular weight is 425 g/mol. The van der Waals surface area contributed by atoms with Gasteiger partial charge in [0.15, 0.2) is 0 Å². The van der Waals surface area contributed by atoms with Crippen molar-refractivity contribution in [3.05, 3.63) is 89.0 Å². The van der Waals surface area contributed by atoms with Gasteiger partial charge in [-0.05, 0) is 30.7 Å². The molecule has 0 saturated carbocycles. The molecule has 3 heterocycles. The Balaban J connectivity index is 1.47. The lowest BCUT2D eigenvalue weighted by Gasteiger charge is -2.09. The van der Waals surface area contributed by atoms with Crippen LogP contribution in [0.5, 0.6) is 0 Å². The van der Waals surface area contributed by atoms with Crippen LogP contribution in [0.4, 0.5) is 5.82 Å². The van der Waals surface area contributed by atoms with Crippen LogP contribution in [0, 0.1) is 6.92 Å². The lowest BCUT2D eigenvalue weighted by molar-refractivity contribution is -0.116. The van der Waals surface area contributed by atoms with Gasteiger partial charge in [-0.3, -0.25) is 18.3 Å². The van der Waals surface area contributed by atoms with Crippen molar-refractivity contribution in [3.63, 3.8) is 0 Å². The van der Waals surface area contributed by atoms with Crippen molar-refractivity contribution >= 4 is 28.4 Å². The van der Waals surface area contributed by atoms with Crippen LogP contribution < -0.4 is 11.0 Å². The first-order valence-electron chi connectivity index (χ1n) is 10.5. The second kappa shape index (κ2) is 7.85. The van der Waals surface area contributed by atoms with Gasteiger partial charge in [0.2, 0.25) is 5.91 Å². The fourth-order valence-electron chi connectivity index (χ4n) is 4.11. The number of carbonyl (C=O) groups is 1. The summed E-state index contributed by atoms with van der Waals surface area (Å²) in [5, 5.41) is 3.04. The van der Waals surface area contributed by atoms with E-state index in [1.165, 1.54) is 0 Å². The van der Waals surface area contributed by atoms with Crippen LogP contribution in [-0.4, -0.2) is 24.4 Å². The molecule has 3 aromatic heterocycles. The number of rotatable bonds is 5. The van der Waals surface area contributed by atoms with Crippen LogP contribution in [0.3, 0.4) is 0 Å². The van der Waals surface area contributed by atoms with E-state index in [0.29, 0.717) is 12.4 Å². The third kappa shape index (κ3) is 3.28. The zero-order valence-electron chi connectivity index (χ0n) is 17.9. The molecule has 1 amide bonds. The number of nitrogens with one attached hydrogen (secondary N) is 1. The Bertz CT molecular complexity index is 1510. The van der Waals surface area contributed by atoms with Crippen molar-refractivity contribution in [3.8, 4) is 11.3 Å². The van der Waals surface area contributed by atoms with Crippen LogP contribution in [0.1, 0.15) is 12.0 Å². The molecule has 0 spiro atoms. The molecule has 0 aliphatic carbocycles. The Morgan fingerprint density at radius 2 is 1.69 bits per heavy atom. The highest BCUT2D eigenvalue weighted by molar-refractivity contribution is 5.94. The third-order valence-electron chi connectivity index (χ3n) is 5.76. The molecule has 0 unspecified atom stereocenters. The van der Waals surface area contributed by atoms with Gasteiger partial charge >= 0.3 is 5.69 Å². The molecule has 160 valence electrons. The standard InChI is InChI=1S/C25H23N5O2/c1-17-9-8-15-30-23(17)27-22(18-10-4-3-5-11-18)24(30)26-21(31)14-16-29-20-13-7-6-12-19(20)28(2)25(29)32/h3-13,15H,14,16H2,1-2H3,(H,26,31). The van der Waals surface area contributed by atoms with Gasteiger partial charge in [-0.1, -0.05) is 48.5 Å². The van der Waals surface area contributed by atoms with Crippen LogP contribution in [0.2, 0.25) is 0 Å². The topological polar surface area (TPSA) is 73.3 Å². The number of imidazole rings is 2. The summed E-state index contributed by atoms with van der Waals surface area (Å²) < 4.78 is 5.15. The van der Waals surface area contributed by atoms with Crippen molar-refractivity contribution in [1.29, 1.82) is 0 Å². The number of anilines is 1. The molecule has 0 fully saturated rings. The number of benzene rings is 2. The second-order valence-corrected chi connectivity index (χ2v) is 7.84. The minimum Gasteiger partial charge on any atom is -0.310 e. The fourth-order valence-corrected chi connectivity index (χ4v) is 4.11. The molecular formula is C25H23N5O2. The van der Waals surface area contributed by atoms with E-state index in [0.717, 1.165) is 33.5 Å². The monoisotopic (exact) mass is 425 g/mol. The lowest BCUT2D eigenvalue weighted by Crippen LogP contribution is -2.24.